The number of hydrogen-bond acceptors (Lipinski definition) is 3. The Morgan fingerprint density at radius 1 is 1.40 bits per heavy atom. The molecule has 1 aromatic carbocycles. The molecule has 2 nitrogen and oxygen atoms in total. The minimum absolute atomic E-state index is 0.433. The van der Waals surface area contributed by atoms with Crippen molar-refractivity contribution in [2.24, 2.45) is 0 Å². The summed E-state index contributed by atoms with van der Waals surface area (Å²) in [6.07, 6.45) is 1.16. The molecule has 0 spiro atoms. The molecule has 0 radical (unpaired) electrons. The highest BCUT2D eigenvalue weighted by atomic mass is 35.5. The van der Waals surface area contributed by atoms with Crippen LogP contribution in [0.2, 0.25) is 5.02 Å². The number of benzene rings is 1. The van der Waals surface area contributed by atoms with Gasteiger partial charge in [0.1, 0.15) is 0 Å². The largest absolute Gasteiger partial charge is 0.310 e. The van der Waals surface area contributed by atoms with E-state index in [9.17, 15) is 0 Å². The summed E-state index contributed by atoms with van der Waals surface area (Å²) in [6.45, 7) is 9.13. The van der Waals surface area contributed by atoms with E-state index in [0.29, 0.717) is 6.04 Å². The molecule has 2 unspecified atom stereocenters. The standard InChI is InChI=1S/C16H25ClN2S/c1-3-18-16(14-4-6-15(17)7-5-14)8-9-19-10-11-20-13(2)12-19/h4-7,13,16,18H,3,8-12H2,1-2H3. The summed E-state index contributed by atoms with van der Waals surface area (Å²) in [6, 6.07) is 8.69. The van der Waals surface area contributed by atoms with Crippen molar-refractivity contribution in [3.8, 4) is 0 Å². The van der Waals surface area contributed by atoms with Gasteiger partial charge in [0.25, 0.3) is 0 Å². The Hall–Kier alpha value is -0.220. The first-order valence-electron chi connectivity index (χ1n) is 7.52. The molecule has 1 saturated heterocycles. The van der Waals surface area contributed by atoms with Gasteiger partial charge in [0.15, 0.2) is 0 Å². The molecular weight excluding hydrogens is 288 g/mol. The first-order chi connectivity index (χ1) is 9.69. The van der Waals surface area contributed by atoms with Crippen LogP contribution in [0.15, 0.2) is 24.3 Å². The second-order valence-corrected chi connectivity index (χ2v) is 7.42. The van der Waals surface area contributed by atoms with E-state index in [1.54, 1.807) is 0 Å². The minimum atomic E-state index is 0.433. The van der Waals surface area contributed by atoms with Crippen LogP contribution < -0.4 is 5.32 Å². The zero-order valence-corrected chi connectivity index (χ0v) is 14.0. The lowest BCUT2D eigenvalue weighted by Crippen LogP contribution is -2.38. The number of nitrogens with zero attached hydrogens (tertiary/aromatic N) is 1. The summed E-state index contributed by atoms with van der Waals surface area (Å²) in [5, 5.41) is 5.18. The van der Waals surface area contributed by atoms with Crippen molar-refractivity contribution in [3.05, 3.63) is 34.9 Å². The normalized spacial score (nSPS) is 21.9. The molecule has 1 aliphatic heterocycles. The molecular formula is C16H25ClN2S. The van der Waals surface area contributed by atoms with E-state index in [1.165, 1.54) is 31.0 Å². The molecule has 0 saturated carbocycles. The zero-order valence-electron chi connectivity index (χ0n) is 12.4. The number of nitrogens with one attached hydrogen (secondary N) is 1. The van der Waals surface area contributed by atoms with Crippen LogP contribution >= 0.6 is 23.4 Å². The van der Waals surface area contributed by atoms with Crippen molar-refractivity contribution in [1.29, 1.82) is 0 Å². The summed E-state index contributed by atoms with van der Waals surface area (Å²) in [4.78, 5) is 2.60. The van der Waals surface area contributed by atoms with Crippen LogP contribution in [0.25, 0.3) is 0 Å². The predicted molar refractivity (Wildman–Crippen MR) is 90.8 cm³/mol. The average molecular weight is 313 g/mol. The molecule has 1 fully saturated rings. The second-order valence-electron chi connectivity index (χ2n) is 5.43. The summed E-state index contributed by atoms with van der Waals surface area (Å²) in [7, 11) is 0. The molecule has 0 aliphatic carbocycles. The smallest absolute Gasteiger partial charge is 0.0406 e. The quantitative estimate of drug-likeness (QED) is 0.859. The maximum atomic E-state index is 5.98. The van der Waals surface area contributed by atoms with Crippen molar-refractivity contribution in [1.82, 2.24) is 10.2 Å². The van der Waals surface area contributed by atoms with E-state index in [0.717, 1.165) is 23.2 Å². The molecule has 0 amide bonds. The van der Waals surface area contributed by atoms with Gasteiger partial charge in [-0.1, -0.05) is 37.6 Å². The molecule has 4 heteroatoms. The van der Waals surface area contributed by atoms with Gasteiger partial charge >= 0.3 is 0 Å². The van der Waals surface area contributed by atoms with Crippen LogP contribution in [0, 0.1) is 0 Å². The van der Waals surface area contributed by atoms with Crippen molar-refractivity contribution >= 4 is 23.4 Å². The first kappa shape index (κ1) is 16.2. The maximum absolute atomic E-state index is 5.98. The molecule has 20 heavy (non-hydrogen) atoms. The fourth-order valence-electron chi connectivity index (χ4n) is 2.73. The number of hydrogen-bond donors (Lipinski definition) is 1. The molecule has 112 valence electrons. The van der Waals surface area contributed by atoms with Crippen molar-refractivity contribution in [2.75, 3.05) is 31.9 Å². The molecule has 0 aromatic heterocycles. The number of rotatable bonds is 6. The van der Waals surface area contributed by atoms with Gasteiger partial charge in [0.05, 0.1) is 0 Å². The van der Waals surface area contributed by atoms with E-state index in [2.05, 4.69) is 48.0 Å². The maximum Gasteiger partial charge on any atom is 0.0406 e. The van der Waals surface area contributed by atoms with Gasteiger partial charge in [-0.3, -0.25) is 0 Å². The Bertz CT molecular complexity index is 396. The summed E-state index contributed by atoms with van der Waals surface area (Å²) in [5.41, 5.74) is 1.34. The predicted octanol–water partition coefficient (Wildman–Crippen LogP) is 3.82. The summed E-state index contributed by atoms with van der Waals surface area (Å²) < 4.78 is 0. The Morgan fingerprint density at radius 2 is 2.15 bits per heavy atom. The molecule has 2 rings (SSSR count). The van der Waals surface area contributed by atoms with Gasteiger partial charge in [-0.15, -0.1) is 0 Å². The van der Waals surface area contributed by atoms with Gasteiger partial charge in [0, 0.05) is 41.7 Å². The monoisotopic (exact) mass is 312 g/mol. The SMILES string of the molecule is CCNC(CCN1CCSC(C)C1)c1ccc(Cl)cc1. The topological polar surface area (TPSA) is 15.3 Å². The zero-order chi connectivity index (χ0) is 14.4. The molecule has 1 aromatic rings. The lowest BCUT2D eigenvalue weighted by atomic mass is 10.0. The van der Waals surface area contributed by atoms with Crippen molar-refractivity contribution in [3.63, 3.8) is 0 Å². The fourth-order valence-corrected chi connectivity index (χ4v) is 3.94. The third kappa shape index (κ3) is 4.96. The van der Waals surface area contributed by atoms with Crippen LogP contribution in [-0.4, -0.2) is 42.1 Å². The van der Waals surface area contributed by atoms with Crippen LogP contribution in [0.5, 0.6) is 0 Å². The van der Waals surface area contributed by atoms with Gasteiger partial charge in [-0.2, -0.15) is 11.8 Å². The van der Waals surface area contributed by atoms with Gasteiger partial charge in [-0.05, 0) is 30.7 Å². The van der Waals surface area contributed by atoms with Crippen LogP contribution in [0.4, 0.5) is 0 Å². The summed E-state index contributed by atoms with van der Waals surface area (Å²) >= 11 is 8.07. The minimum Gasteiger partial charge on any atom is -0.310 e. The molecule has 2 atom stereocenters. The van der Waals surface area contributed by atoms with Crippen molar-refractivity contribution in [2.45, 2.75) is 31.6 Å². The Kier molecular flexibility index (Phi) is 6.69. The van der Waals surface area contributed by atoms with Crippen LogP contribution in [-0.2, 0) is 0 Å². The molecule has 1 N–H and O–H groups in total. The summed E-state index contributed by atoms with van der Waals surface area (Å²) in [5.74, 6) is 1.27. The number of halogens is 1. The first-order valence-corrected chi connectivity index (χ1v) is 8.94. The third-order valence-electron chi connectivity index (χ3n) is 3.78. The van der Waals surface area contributed by atoms with Crippen molar-refractivity contribution < 1.29 is 0 Å². The lowest BCUT2D eigenvalue weighted by Gasteiger charge is -2.31. The highest BCUT2D eigenvalue weighted by Crippen LogP contribution is 2.22. The second kappa shape index (κ2) is 8.28. The van der Waals surface area contributed by atoms with Gasteiger partial charge < -0.3 is 10.2 Å². The molecule has 1 aliphatic rings. The highest BCUT2D eigenvalue weighted by molar-refractivity contribution is 7.99. The van der Waals surface area contributed by atoms with Gasteiger partial charge in [0.2, 0.25) is 0 Å². The van der Waals surface area contributed by atoms with E-state index in [1.807, 2.05) is 12.1 Å². The van der Waals surface area contributed by atoms with E-state index in [4.69, 9.17) is 11.6 Å². The van der Waals surface area contributed by atoms with E-state index in [-0.39, 0.29) is 0 Å². The van der Waals surface area contributed by atoms with E-state index >= 15 is 0 Å². The molecule has 1 heterocycles. The van der Waals surface area contributed by atoms with Crippen LogP contribution in [0.1, 0.15) is 31.9 Å². The number of thioether (sulfide) groups is 1. The Labute approximate surface area is 132 Å². The lowest BCUT2D eigenvalue weighted by molar-refractivity contribution is 0.268. The Morgan fingerprint density at radius 3 is 2.80 bits per heavy atom. The third-order valence-corrected chi connectivity index (χ3v) is 5.17. The van der Waals surface area contributed by atoms with E-state index < -0.39 is 0 Å². The van der Waals surface area contributed by atoms with Gasteiger partial charge in [-0.25, -0.2) is 0 Å². The molecule has 0 bridgehead atoms. The van der Waals surface area contributed by atoms with Crippen LogP contribution in [0.3, 0.4) is 0 Å². The fraction of sp³-hybridized carbons (Fsp3) is 0.625. The highest BCUT2D eigenvalue weighted by Gasteiger charge is 2.18. The Balaban J connectivity index is 1.90. The average Bonchev–Trinajstić information content (AvgIpc) is 2.44.